The molecule has 0 radical (unpaired) electrons. The molecule has 1 N–H and O–H groups in total. The zero-order valence-corrected chi connectivity index (χ0v) is 14.6. The summed E-state index contributed by atoms with van der Waals surface area (Å²) in [6, 6.07) is 18.9. The van der Waals surface area contributed by atoms with Crippen molar-refractivity contribution in [3.8, 4) is 0 Å². The number of rotatable bonds is 4. The van der Waals surface area contributed by atoms with Gasteiger partial charge in [0.2, 0.25) is 0 Å². The number of piperidine rings is 1. The van der Waals surface area contributed by atoms with Gasteiger partial charge in [0.25, 0.3) is 0 Å². The first kappa shape index (κ1) is 16.7. The minimum absolute atomic E-state index is 0.0657. The predicted molar refractivity (Wildman–Crippen MR) is 102 cm³/mol. The molecule has 3 aromatic rings. The van der Waals surface area contributed by atoms with Crippen molar-refractivity contribution >= 4 is 16.7 Å². The van der Waals surface area contributed by atoms with E-state index in [0.29, 0.717) is 6.54 Å². The van der Waals surface area contributed by atoms with Crippen LogP contribution in [0, 0.1) is 5.92 Å². The van der Waals surface area contributed by atoms with Gasteiger partial charge in [-0.3, -0.25) is 14.7 Å². The summed E-state index contributed by atoms with van der Waals surface area (Å²) in [6.07, 6.45) is 5.36. The maximum absolute atomic E-state index is 11.5. The van der Waals surface area contributed by atoms with Crippen LogP contribution < -0.4 is 0 Å². The topological polar surface area (TPSA) is 53.4 Å². The lowest BCUT2D eigenvalue weighted by atomic mass is 9.91. The molecule has 0 bridgehead atoms. The molecule has 0 amide bonds. The number of hydrogen-bond acceptors (Lipinski definition) is 3. The van der Waals surface area contributed by atoms with Gasteiger partial charge in [0.1, 0.15) is 0 Å². The molecule has 1 fully saturated rings. The summed E-state index contributed by atoms with van der Waals surface area (Å²) in [6.45, 7) is 1.50. The number of likely N-dealkylation sites (tertiary alicyclic amines) is 1. The molecule has 0 spiro atoms. The molecule has 1 aromatic heterocycles. The van der Waals surface area contributed by atoms with Gasteiger partial charge in [0, 0.05) is 24.3 Å². The molecular formula is C22H22N2O2. The van der Waals surface area contributed by atoms with Crippen LogP contribution in [0.15, 0.2) is 67.0 Å². The first-order valence-corrected chi connectivity index (χ1v) is 9.08. The smallest absolute Gasteiger partial charge is 0.307 e. The Morgan fingerprint density at radius 3 is 2.73 bits per heavy atom. The van der Waals surface area contributed by atoms with Gasteiger partial charge in [-0.25, -0.2) is 0 Å². The number of carbonyl (C=O) groups is 1. The van der Waals surface area contributed by atoms with Gasteiger partial charge in [0.15, 0.2) is 0 Å². The Kier molecular flexibility index (Phi) is 4.67. The van der Waals surface area contributed by atoms with E-state index in [1.54, 1.807) is 0 Å². The Morgan fingerprint density at radius 1 is 1.08 bits per heavy atom. The zero-order chi connectivity index (χ0) is 17.9. The molecule has 1 aliphatic heterocycles. The van der Waals surface area contributed by atoms with Crippen LogP contribution in [0.1, 0.15) is 30.0 Å². The van der Waals surface area contributed by atoms with Crippen molar-refractivity contribution < 1.29 is 9.90 Å². The molecule has 4 heteroatoms. The van der Waals surface area contributed by atoms with E-state index in [1.165, 1.54) is 11.1 Å². The van der Waals surface area contributed by atoms with Crippen molar-refractivity contribution in [1.29, 1.82) is 0 Å². The van der Waals surface area contributed by atoms with Crippen molar-refractivity contribution in [2.24, 2.45) is 5.92 Å². The highest BCUT2D eigenvalue weighted by molar-refractivity contribution is 5.82. The molecule has 26 heavy (non-hydrogen) atoms. The second-order valence-electron chi connectivity index (χ2n) is 6.97. The fourth-order valence-electron chi connectivity index (χ4n) is 3.96. The Labute approximate surface area is 153 Å². The molecule has 2 heterocycles. The monoisotopic (exact) mass is 346 g/mol. The van der Waals surface area contributed by atoms with Crippen molar-refractivity contribution in [3.05, 3.63) is 78.1 Å². The van der Waals surface area contributed by atoms with Crippen LogP contribution in [0.4, 0.5) is 0 Å². The second kappa shape index (κ2) is 7.26. The molecule has 1 aliphatic rings. The lowest BCUT2D eigenvalue weighted by Crippen LogP contribution is -2.41. The van der Waals surface area contributed by atoms with Crippen LogP contribution in [0.2, 0.25) is 0 Å². The lowest BCUT2D eigenvalue weighted by molar-refractivity contribution is -0.143. The first-order valence-electron chi connectivity index (χ1n) is 9.08. The Morgan fingerprint density at radius 2 is 1.92 bits per heavy atom. The average molecular weight is 346 g/mol. The minimum atomic E-state index is -0.689. The summed E-state index contributed by atoms with van der Waals surface area (Å²) in [4.78, 5) is 18.0. The Balaban J connectivity index is 1.76. The molecule has 2 aromatic carbocycles. The molecule has 4 rings (SSSR count). The lowest BCUT2D eigenvalue weighted by Gasteiger charge is -2.37. The third-order valence-electron chi connectivity index (χ3n) is 5.26. The number of nitrogens with zero attached hydrogens (tertiary/aromatic N) is 2. The van der Waals surface area contributed by atoms with E-state index < -0.39 is 5.97 Å². The van der Waals surface area contributed by atoms with Gasteiger partial charge < -0.3 is 5.11 Å². The van der Waals surface area contributed by atoms with Crippen LogP contribution in [-0.2, 0) is 4.79 Å². The minimum Gasteiger partial charge on any atom is -0.481 e. The second-order valence-corrected chi connectivity index (χ2v) is 6.97. The molecular weight excluding hydrogens is 324 g/mol. The molecule has 2 atom stereocenters. The molecule has 0 aliphatic carbocycles. The molecule has 0 saturated carbocycles. The van der Waals surface area contributed by atoms with Crippen molar-refractivity contribution in [2.75, 3.05) is 13.1 Å². The van der Waals surface area contributed by atoms with E-state index in [9.17, 15) is 9.90 Å². The summed E-state index contributed by atoms with van der Waals surface area (Å²) >= 11 is 0. The molecule has 2 unspecified atom stereocenters. The van der Waals surface area contributed by atoms with Gasteiger partial charge >= 0.3 is 5.97 Å². The van der Waals surface area contributed by atoms with E-state index >= 15 is 0 Å². The van der Waals surface area contributed by atoms with Crippen LogP contribution in [0.3, 0.4) is 0 Å². The summed E-state index contributed by atoms with van der Waals surface area (Å²) in [7, 11) is 0. The summed E-state index contributed by atoms with van der Waals surface area (Å²) < 4.78 is 0. The third kappa shape index (κ3) is 3.33. The quantitative estimate of drug-likeness (QED) is 0.772. The average Bonchev–Trinajstić information content (AvgIpc) is 2.69. The van der Waals surface area contributed by atoms with E-state index in [1.807, 2.05) is 36.7 Å². The maximum atomic E-state index is 11.5. The number of aromatic nitrogens is 1. The first-order chi connectivity index (χ1) is 12.7. The van der Waals surface area contributed by atoms with Gasteiger partial charge in [-0.2, -0.15) is 0 Å². The van der Waals surface area contributed by atoms with Gasteiger partial charge in [-0.15, -0.1) is 0 Å². The standard InChI is InChI=1S/C22H22N2O2/c25-22(26)20-7-4-12-24(15-20)21(16-5-2-1-3-6-16)18-8-9-19-14-23-11-10-17(19)13-18/h1-3,5-6,8-11,13-14,20-21H,4,7,12,15H2,(H,25,26). The summed E-state index contributed by atoms with van der Waals surface area (Å²) in [5.41, 5.74) is 2.40. The van der Waals surface area contributed by atoms with Crippen LogP contribution in [0.25, 0.3) is 10.8 Å². The van der Waals surface area contributed by atoms with Crippen molar-refractivity contribution in [1.82, 2.24) is 9.88 Å². The molecule has 1 saturated heterocycles. The largest absolute Gasteiger partial charge is 0.481 e. The third-order valence-corrected chi connectivity index (χ3v) is 5.26. The highest BCUT2D eigenvalue weighted by atomic mass is 16.4. The Bertz CT molecular complexity index is 910. The highest BCUT2D eigenvalue weighted by Gasteiger charge is 2.31. The Hall–Kier alpha value is -2.72. The van der Waals surface area contributed by atoms with Crippen molar-refractivity contribution in [3.63, 3.8) is 0 Å². The van der Waals surface area contributed by atoms with Crippen LogP contribution in [0.5, 0.6) is 0 Å². The number of aliphatic carboxylic acids is 1. The zero-order valence-electron chi connectivity index (χ0n) is 14.6. The maximum Gasteiger partial charge on any atom is 0.307 e. The molecule has 4 nitrogen and oxygen atoms in total. The van der Waals surface area contributed by atoms with Crippen LogP contribution in [-0.4, -0.2) is 34.0 Å². The fourth-order valence-corrected chi connectivity index (χ4v) is 3.96. The normalized spacial score (nSPS) is 19.3. The number of hydrogen-bond donors (Lipinski definition) is 1. The number of fused-ring (bicyclic) bond motifs is 1. The van der Waals surface area contributed by atoms with Gasteiger partial charge in [0.05, 0.1) is 12.0 Å². The fraction of sp³-hybridized carbons (Fsp3) is 0.273. The van der Waals surface area contributed by atoms with E-state index in [0.717, 1.165) is 30.2 Å². The predicted octanol–water partition coefficient (Wildman–Crippen LogP) is 4.12. The number of carboxylic acids is 1. The summed E-state index contributed by atoms with van der Waals surface area (Å²) in [5, 5.41) is 11.8. The highest BCUT2D eigenvalue weighted by Crippen LogP contribution is 2.33. The van der Waals surface area contributed by atoms with Gasteiger partial charge in [-0.05, 0) is 48.0 Å². The van der Waals surface area contributed by atoms with Crippen LogP contribution >= 0.6 is 0 Å². The van der Waals surface area contributed by atoms with E-state index in [4.69, 9.17) is 0 Å². The number of benzene rings is 2. The van der Waals surface area contributed by atoms with E-state index in [2.05, 4.69) is 40.2 Å². The molecule has 132 valence electrons. The number of pyridine rings is 1. The van der Waals surface area contributed by atoms with E-state index in [-0.39, 0.29) is 12.0 Å². The van der Waals surface area contributed by atoms with Gasteiger partial charge in [-0.1, -0.05) is 42.5 Å². The number of carboxylic acid groups (broad SMARTS) is 1. The summed E-state index contributed by atoms with van der Waals surface area (Å²) in [5.74, 6) is -0.981. The van der Waals surface area contributed by atoms with Crippen molar-refractivity contribution in [2.45, 2.75) is 18.9 Å². The SMILES string of the molecule is O=C(O)C1CCCN(C(c2ccccc2)c2ccc3cnccc3c2)C1.